The number of H-pyrrole nitrogens is 1. The Balaban J connectivity index is 2.08. The monoisotopic (exact) mass is 278 g/mol. The van der Waals surface area contributed by atoms with E-state index in [2.05, 4.69) is 20.6 Å². The van der Waals surface area contributed by atoms with Crippen LogP contribution in [0.5, 0.6) is 0 Å². The molecule has 100 valence electrons. The third-order valence-electron chi connectivity index (χ3n) is 2.67. The zero-order chi connectivity index (χ0) is 13.8. The quantitative estimate of drug-likeness (QED) is 0.788. The number of amides is 1. The van der Waals surface area contributed by atoms with Gasteiger partial charge in [-0.15, -0.1) is 11.3 Å². The molecule has 0 radical (unpaired) electrons. The Morgan fingerprint density at radius 3 is 2.89 bits per heavy atom. The van der Waals surface area contributed by atoms with Gasteiger partial charge < -0.3 is 10.3 Å². The van der Waals surface area contributed by atoms with Crippen LogP contribution in [0.25, 0.3) is 0 Å². The summed E-state index contributed by atoms with van der Waals surface area (Å²) < 4.78 is 0. The number of carbonyl (C=O) groups excluding carboxylic acids is 1. The molecule has 2 aromatic heterocycles. The molecule has 0 bridgehead atoms. The fourth-order valence-corrected chi connectivity index (χ4v) is 2.21. The lowest BCUT2D eigenvalue weighted by atomic mass is 10.3. The van der Waals surface area contributed by atoms with Gasteiger partial charge in [-0.1, -0.05) is 0 Å². The first-order chi connectivity index (χ1) is 9.10. The lowest BCUT2D eigenvalue weighted by Gasteiger charge is -2.05. The Bertz CT molecular complexity index is 614. The molecule has 6 nitrogen and oxygen atoms in total. The zero-order valence-corrected chi connectivity index (χ0v) is 11.4. The van der Waals surface area contributed by atoms with Gasteiger partial charge in [-0.3, -0.25) is 14.9 Å². The van der Waals surface area contributed by atoms with Gasteiger partial charge in [0.1, 0.15) is 0 Å². The standard InChI is InChI=1S/C12H14N4O2S/c1-7(13-2)9-6-19-12(15-9)16-11(18)8-3-4-10(17)14-5-8/h3-7,13H,1-2H3,(H,14,17)(H,15,16,18). The molecule has 0 aliphatic heterocycles. The fourth-order valence-electron chi connectivity index (χ4n) is 1.41. The van der Waals surface area contributed by atoms with Crippen LogP contribution in [0.4, 0.5) is 5.13 Å². The van der Waals surface area contributed by atoms with Crippen LogP contribution in [-0.2, 0) is 0 Å². The van der Waals surface area contributed by atoms with Gasteiger partial charge in [-0.25, -0.2) is 4.98 Å². The zero-order valence-electron chi connectivity index (χ0n) is 10.6. The number of pyridine rings is 1. The summed E-state index contributed by atoms with van der Waals surface area (Å²) in [5.74, 6) is -0.297. The molecule has 2 aromatic rings. The first kappa shape index (κ1) is 13.4. The van der Waals surface area contributed by atoms with E-state index in [4.69, 9.17) is 0 Å². The van der Waals surface area contributed by atoms with E-state index in [9.17, 15) is 9.59 Å². The summed E-state index contributed by atoms with van der Waals surface area (Å²) in [4.78, 5) is 29.6. The Labute approximate surface area is 113 Å². The van der Waals surface area contributed by atoms with Gasteiger partial charge in [0.15, 0.2) is 5.13 Å². The van der Waals surface area contributed by atoms with Crippen molar-refractivity contribution in [2.24, 2.45) is 0 Å². The number of aromatic amines is 1. The summed E-state index contributed by atoms with van der Waals surface area (Å²) in [6.07, 6.45) is 1.38. The molecule has 7 heteroatoms. The Kier molecular flexibility index (Phi) is 4.08. The fraction of sp³-hybridized carbons (Fsp3) is 0.250. The van der Waals surface area contributed by atoms with Crippen molar-refractivity contribution < 1.29 is 4.79 Å². The van der Waals surface area contributed by atoms with Crippen molar-refractivity contribution in [1.82, 2.24) is 15.3 Å². The average Bonchev–Trinajstić information content (AvgIpc) is 2.87. The van der Waals surface area contributed by atoms with Crippen molar-refractivity contribution >= 4 is 22.4 Å². The minimum atomic E-state index is -0.297. The Hall–Kier alpha value is -1.99. The smallest absolute Gasteiger partial charge is 0.258 e. The molecule has 1 amide bonds. The molecule has 1 unspecified atom stereocenters. The minimum absolute atomic E-state index is 0.134. The predicted molar refractivity (Wildman–Crippen MR) is 74.6 cm³/mol. The molecule has 0 aromatic carbocycles. The van der Waals surface area contributed by atoms with Crippen molar-refractivity contribution in [3.05, 3.63) is 45.3 Å². The van der Waals surface area contributed by atoms with Crippen LogP contribution < -0.4 is 16.2 Å². The molecule has 1 atom stereocenters. The van der Waals surface area contributed by atoms with Gasteiger partial charge >= 0.3 is 0 Å². The summed E-state index contributed by atoms with van der Waals surface area (Å²) in [5, 5.41) is 8.20. The van der Waals surface area contributed by atoms with Crippen LogP contribution in [0.2, 0.25) is 0 Å². The number of nitrogens with one attached hydrogen (secondary N) is 3. The lowest BCUT2D eigenvalue weighted by Crippen LogP contribution is -2.15. The van der Waals surface area contributed by atoms with E-state index >= 15 is 0 Å². The molecule has 0 fully saturated rings. The van der Waals surface area contributed by atoms with Crippen LogP contribution in [-0.4, -0.2) is 22.9 Å². The van der Waals surface area contributed by atoms with Gasteiger partial charge in [0.05, 0.1) is 11.3 Å². The van der Waals surface area contributed by atoms with E-state index in [1.54, 1.807) is 0 Å². The SMILES string of the molecule is CNC(C)c1csc(NC(=O)c2ccc(=O)[nH]c2)n1. The van der Waals surface area contributed by atoms with Gasteiger partial charge in [0.2, 0.25) is 5.56 Å². The van der Waals surface area contributed by atoms with Crippen LogP contribution in [0.3, 0.4) is 0 Å². The van der Waals surface area contributed by atoms with E-state index in [-0.39, 0.29) is 17.5 Å². The van der Waals surface area contributed by atoms with Crippen LogP contribution >= 0.6 is 11.3 Å². The van der Waals surface area contributed by atoms with E-state index in [0.717, 1.165) is 5.69 Å². The highest BCUT2D eigenvalue weighted by Gasteiger charge is 2.11. The maximum Gasteiger partial charge on any atom is 0.258 e. The molecule has 2 heterocycles. The first-order valence-corrected chi connectivity index (χ1v) is 6.61. The minimum Gasteiger partial charge on any atom is -0.328 e. The maximum absolute atomic E-state index is 11.9. The van der Waals surface area contributed by atoms with E-state index in [1.807, 2.05) is 19.4 Å². The number of carbonyl (C=O) groups is 1. The second kappa shape index (κ2) is 5.77. The molecule has 0 aliphatic rings. The van der Waals surface area contributed by atoms with Crippen LogP contribution in [0.1, 0.15) is 29.0 Å². The lowest BCUT2D eigenvalue weighted by molar-refractivity contribution is 0.102. The number of hydrogen-bond acceptors (Lipinski definition) is 5. The topological polar surface area (TPSA) is 86.9 Å². The molecule has 0 saturated carbocycles. The highest BCUT2D eigenvalue weighted by Crippen LogP contribution is 2.20. The summed E-state index contributed by atoms with van der Waals surface area (Å²) >= 11 is 1.36. The highest BCUT2D eigenvalue weighted by molar-refractivity contribution is 7.14. The molecule has 3 N–H and O–H groups in total. The highest BCUT2D eigenvalue weighted by atomic mass is 32.1. The number of aromatic nitrogens is 2. The molecule has 2 rings (SSSR count). The van der Waals surface area contributed by atoms with Crippen molar-refractivity contribution in [2.75, 3.05) is 12.4 Å². The third-order valence-corrected chi connectivity index (χ3v) is 3.44. The number of rotatable bonds is 4. The van der Waals surface area contributed by atoms with E-state index < -0.39 is 0 Å². The van der Waals surface area contributed by atoms with Crippen LogP contribution in [0.15, 0.2) is 28.5 Å². The molecule has 19 heavy (non-hydrogen) atoms. The van der Waals surface area contributed by atoms with Gasteiger partial charge in [-0.2, -0.15) is 0 Å². The first-order valence-electron chi connectivity index (χ1n) is 5.73. The van der Waals surface area contributed by atoms with E-state index in [0.29, 0.717) is 10.7 Å². The largest absolute Gasteiger partial charge is 0.328 e. The van der Waals surface area contributed by atoms with Crippen molar-refractivity contribution in [3.63, 3.8) is 0 Å². The Morgan fingerprint density at radius 2 is 2.26 bits per heavy atom. The second-order valence-electron chi connectivity index (χ2n) is 3.98. The summed E-state index contributed by atoms with van der Waals surface area (Å²) in [7, 11) is 1.85. The Morgan fingerprint density at radius 1 is 1.47 bits per heavy atom. The molecular formula is C12H14N4O2S. The summed E-state index contributed by atoms with van der Waals surface area (Å²) in [5.41, 5.74) is 1.03. The van der Waals surface area contributed by atoms with Gasteiger partial charge in [-0.05, 0) is 20.0 Å². The van der Waals surface area contributed by atoms with Crippen molar-refractivity contribution in [1.29, 1.82) is 0 Å². The summed E-state index contributed by atoms with van der Waals surface area (Å²) in [6, 6.07) is 2.92. The number of hydrogen-bond donors (Lipinski definition) is 3. The number of nitrogens with zero attached hydrogens (tertiary/aromatic N) is 1. The number of thiazole rings is 1. The van der Waals surface area contributed by atoms with Gasteiger partial charge in [0.25, 0.3) is 5.91 Å². The summed E-state index contributed by atoms with van der Waals surface area (Å²) in [6.45, 7) is 1.99. The van der Waals surface area contributed by atoms with Gasteiger partial charge in [0, 0.05) is 23.7 Å². The molecule has 0 aliphatic carbocycles. The number of anilines is 1. The van der Waals surface area contributed by atoms with Crippen molar-refractivity contribution in [3.8, 4) is 0 Å². The average molecular weight is 278 g/mol. The predicted octanol–water partition coefficient (Wildman–Crippen LogP) is 1.36. The second-order valence-corrected chi connectivity index (χ2v) is 4.84. The van der Waals surface area contributed by atoms with Crippen molar-refractivity contribution in [2.45, 2.75) is 13.0 Å². The molecule has 0 spiro atoms. The molecule has 0 saturated heterocycles. The maximum atomic E-state index is 11.9. The molecular weight excluding hydrogens is 264 g/mol. The third kappa shape index (κ3) is 3.27. The van der Waals surface area contributed by atoms with Crippen LogP contribution in [0, 0.1) is 0 Å². The van der Waals surface area contributed by atoms with E-state index in [1.165, 1.54) is 29.7 Å². The normalized spacial score (nSPS) is 12.1.